The lowest BCUT2D eigenvalue weighted by atomic mass is 10.1. The minimum Gasteiger partial charge on any atom is -0.378 e. The van der Waals surface area contributed by atoms with Gasteiger partial charge in [0.2, 0.25) is 10.0 Å². The van der Waals surface area contributed by atoms with Crippen LogP contribution in [0.15, 0.2) is 58.5 Å². The highest BCUT2D eigenvalue weighted by molar-refractivity contribution is 7.89. The maximum atomic E-state index is 12.5. The molecule has 0 saturated carbocycles. The summed E-state index contributed by atoms with van der Waals surface area (Å²) in [5, 5.41) is 8.54. The van der Waals surface area contributed by atoms with Crippen LogP contribution in [0.2, 0.25) is 0 Å². The lowest BCUT2D eigenvalue weighted by Crippen LogP contribution is -2.36. The van der Waals surface area contributed by atoms with Crippen LogP contribution in [-0.4, -0.2) is 69.4 Å². The van der Waals surface area contributed by atoms with Gasteiger partial charge in [0.15, 0.2) is 10.2 Å². The van der Waals surface area contributed by atoms with Crippen LogP contribution in [0.3, 0.4) is 0 Å². The molecule has 0 spiro atoms. The molecule has 0 unspecified atom stereocenters. The number of nitrogens with zero attached hydrogens (tertiary/aromatic N) is 4. The fourth-order valence-electron chi connectivity index (χ4n) is 3.51. The topological polar surface area (TPSA) is 99.2 Å². The average Bonchev–Trinajstić information content (AvgIpc) is 3.30. The second-order valence-corrected chi connectivity index (χ2v) is 11.8. The third kappa shape index (κ3) is 6.08. The maximum Gasteiger partial charge on any atom is 0.242 e. The fraction of sp³-hybridized carbons (Fsp3) is 0.292. The molecule has 1 fully saturated rings. The Balaban J connectivity index is 1.50. The molecule has 2 N–H and O–H groups in total. The zero-order chi connectivity index (χ0) is 25.7. The van der Waals surface area contributed by atoms with Crippen molar-refractivity contribution in [1.29, 1.82) is 0 Å². The van der Waals surface area contributed by atoms with E-state index in [4.69, 9.17) is 21.9 Å². The third-order valence-corrected chi connectivity index (χ3v) is 8.61. The van der Waals surface area contributed by atoms with Gasteiger partial charge in [-0.2, -0.15) is 5.10 Å². The first-order chi connectivity index (χ1) is 17.3. The summed E-state index contributed by atoms with van der Waals surface area (Å²) < 4.78 is 31.6. The molecule has 1 saturated heterocycles. The van der Waals surface area contributed by atoms with Gasteiger partial charge in [-0.3, -0.25) is 5.43 Å². The highest BCUT2D eigenvalue weighted by atomic mass is 32.2. The number of hydrogen-bond donors (Lipinski definition) is 2. The first-order valence-electron chi connectivity index (χ1n) is 11.3. The van der Waals surface area contributed by atoms with Crippen molar-refractivity contribution < 1.29 is 13.2 Å². The number of thiocarbonyl (C=S) groups is 1. The molecule has 9 nitrogen and oxygen atoms in total. The molecular weight excluding hydrogens is 517 g/mol. The van der Waals surface area contributed by atoms with Gasteiger partial charge in [-0.05, 0) is 36.8 Å². The smallest absolute Gasteiger partial charge is 0.242 e. The molecule has 1 aromatic heterocycles. The van der Waals surface area contributed by atoms with Gasteiger partial charge in [-0.25, -0.2) is 17.7 Å². The molecule has 0 amide bonds. The second-order valence-electron chi connectivity index (χ2n) is 8.26. The second kappa shape index (κ2) is 11.4. The van der Waals surface area contributed by atoms with Crippen molar-refractivity contribution in [3.05, 3.63) is 59.0 Å². The largest absolute Gasteiger partial charge is 0.378 e. The van der Waals surface area contributed by atoms with Crippen LogP contribution in [0, 0.1) is 6.92 Å². The quantitative estimate of drug-likeness (QED) is 0.265. The predicted octanol–water partition coefficient (Wildman–Crippen LogP) is 3.53. The Kier molecular flexibility index (Phi) is 8.32. The zero-order valence-electron chi connectivity index (χ0n) is 20.3. The van der Waals surface area contributed by atoms with E-state index in [0.29, 0.717) is 18.9 Å². The van der Waals surface area contributed by atoms with Crippen molar-refractivity contribution in [2.75, 3.05) is 50.6 Å². The normalized spacial score (nSPS) is 14.4. The Hall–Kier alpha value is -2.90. The van der Waals surface area contributed by atoms with E-state index < -0.39 is 10.0 Å². The van der Waals surface area contributed by atoms with Gasteiger partial charge in [0.1, 0.15) is 0 Å². The Bertz CT molecular complexity index is 1350. The average molecular weight is 545 g/mol. The van der Waals surface area contributed by atoms with Crippen LogP contribution in [0.5, 0.6) is 0 Å². The minimum atomic E-state index is -3.56. The number of rotatable bonds is 7. The summed E-state index contributed by atoms with van der Waals surface area (Å²) in [4.78, 5) is 8.18. The molecule has 0 bridgehead atoms. The third-order valence-electron chi connectivity index (χ3n) is 5.55. The molecule has 3 aromatic rings. The van der Waals surface area contributed by atoms with Crippen molar-refractivity contribution in [3.8, 4) is 11.3 Å². The predicted molar refractivity (Wildman–Crippen MR) is 150 cm³/mol. The number of hydrazone groups is 1. The van der Waals surface area contributed by atoms with Crippen molar-refractivity contribution in [3.63, 3.8) is 0 Å². The molecule has 36 heavy (non-hydrogen) atoms. The standard InChI is InChI=1S/C24H28N6O3S3/c1-17-9-10-19(36(31,32)29(2)3)15-20(17)26-23(34)28-25-16-21-22(18-7-5-4-6-8-18)27-24(35-21)30-11-13-33-14-12-30/h4-10,15-16H,11-14H2,1-3H3,(H2,26,28,34)/b25-16+. The number of anilines is 2. The van der Waals surface area contributed by atoms with Crippen molar-refractivity contribution in [2.24, 2.45) is 5.10 Å². The van der Waals surface area contributed by atoms with Gasteiger partial charge in [0.05, 0.1) is 34.9 Å². The van der Waals surface area contributed by atoms with Gasteiger partial charge < -0.3 is 15.0 Å². The first kappa shape index (κ1) is 26.2. The van der Waals surface area contributed by atoms with Gasteiger partial charge in [0.25, 0.3) is 0 Å². The molecule has 1 aliphatic rings. The molecule has 2 heterocycles. The van der Waals surface area contributed by atoms with E-state index >= 15 is 0 Å². The Morgan fingerprint density at radius 2 is 1.92 bits per heavy atom. The maximum absolute atomic E-state index is 12.5. The number of aryl methyl sites for hydroxylation is 1. The summed E-state index contributed by atoms with van der Waals surface area (Å²) in [5.74, 6) is 0. The number of thiazole rings is 1. The Labute approximate surface area is 220 Å². The number of benzene rings is 2. The van der Waals surface area contributed by atoms with Crippen LogP contribution >= 0.6 is 23.6 Å². The summed E-state index contributed by atoms with van der Waals surface area (Å²) in [6, 6.07) is 14.8. The van der Waals surface area contributed by atoms with E-state index in [1.54, 1.807) is 35.8 Å². The number of sulfonamides is 1. The van der Waals surface area contributed by atoms with E-state index in [-0.39, 0.29) is 10.0 Å². The highest BCUT2D eigenvalue weighted by Crippen LogP contribution is 2.32. The van der Waals surface area contributed by atoms with Crippen LogP contribution in [-0.2, 0) is 14.8 Å². The van der Waals surface area contributed by atoms with E-state index in [2.05, 4.69) is 20.7 Å². The lowest BCUT2D eigenvalue weighted by molar-refractivity contribution is 0.122. The summed E-state index contributed by atoms with van der Waals surface area (Å²) in [5.41, 5.74) is 6.12. The summed E-state index contributed by atoms with van der Waals surface area (Å²) in [6.07, 6.45) is 1.71. The molecule has 0 aliphatic carbocycles. The molecule has 0 atom stereocenters. The number of morpholine rings is 1. The van der Waals surface area contributed by atoms with E-state index in [9.17, 15) is 8.42 Å². The van der Waals surface area contributed by atoms with E-state index in [0.717, 1.165) is 39.9 Å². The molecule has 190 valence electrons. The Morgan fingerprint density at radius 1 is 1.19 bits per heavy atom. The van der Waals surface area contributed by atoms with Crippen LogP contribution in [0.25, 0.3) is 11.3 Å². The van der Waals surface area contributed by atoms with Crippen molar-refractivity contribution in [2.45, 2.75) is 11.8 Å². The molecule has 1 aliphatic heterocycles. The van der Waals surface area contributed by atoms with Crippen molar-refractivity contribution >= 4 is 55.7 Å². The number of aromatic nitrogens is 1. The van der Waals surface area contributed by atoms with Crippen molar-refractivity contribution in [1.82, 2.24) is 14.7 Å². The number of hydrogen-bond acceptors (Lipinski definition) is 8. The monoisotopic (exact) mass is 544 g/mol. The molecule has 4 rings (SSSR count). The zero-order valence-corrected chi connectivity index (χ0v) is 22.7. The van der Waals surface area contributed by atoms with Gasteiger partial charge in [-0.1, -0.05) is 47.7 Å². The van der Waals surface area contributed by atoms with Crippen LogP contribution in [0.1, 0.15) is 10.4 Å². The number of nitrogens with one attached hydrogen (secondary N) is 2. The summed E-state index contributed by atoms with van der Waals surface area (Å²) in [7, 11) is -0.567. The molecule has 12 heteroatoms. The lowest BCUT2D eigenvalue weighted by Gasteiger charge is -2.26. The summed E-state index contributed by atoms with van der Waals surface area (Å²) in [6.45, 7) is 4.83. The van der Waals surface area contributed by atoms with Gasteiger partial charge >= 0.3 is 0 Å². The van der Waals surface area contributed by atoms with E-state index in [1.165, 1.54) is 18.4 Å². The first-order valence-corrected chi connectivity index (χ1v) is 13.9. The fourth-order valence-corrected chi connectivity index (χ4v) is 5.61. The molecule has 2 aromatic carbocycles. The van der Waals surface area contributed by atoms with Crippen LogP contribution in [0.4, 0.5) is 10.8 Å². The summed E-state index contributed by atoms with van der Waals surface area (Å²) >= 11 is 6.96. The minimum absolute atomic E-state index is 0.180. The van der Waals surface area contributed by atoms with E-state index in [1.807, 2.05) is 37.3 Å². The van der Waals surface area contributed by atoms with Gasteiger partial charge in [-0.15, -0.1) is 0 Å². The highest BCUT2D eigenvalue weighted by Gasteiger charge is 2.20. The molecule has 0 radical (unpaired) electrons. The molecular formula is C24H28N6O3S3. The van der Waals surface area contributed by atoms with Gasteiger partial charge in [0, 0.05) is 38.4 Å². The number of ether oxygens (including phenoxy) is 1. The SMILES string of the molecule is Cc1ccc(S(=O)(=O)N(C)C)cc1NC(=S)N/N=C/c1sc(N2CCOCC2)nc1-c1ccccc1. The Morgan fingerprint density at radius 3 is 2.61 bits per heavy atom. The van der Waals surface area contributed by atoms with Crippen LogP contribution < -0.4 is 15.6 Å².